The van der Waals surface area contributed by atoms with E-state index in [1.165, 1.54) is 0 Å². The van der Waals surface area contributed by atoms with Crippen molar-refractivity contribution in [3.8, 4) is 6.07 Å². The van der Waals surface area contributed by atoms with Crippen LogP contribution in [0.4, 0.5) is 13.2 Å². The quantitative estimate of drug-likeness (QED) is 0.896. The van der Waals surface area contributed by atoms with E-state index < -0.39 is 17.6 Å². The molecule has 0 aromatic heterocycles. The maximum Gasteiger partial charge on any atom is 0.405 e. The molecule has 0 bridgehead atoms. The van der Waals surface area contributed by atoms with Crippen molar-refractivity contribution < 1.29 is 18.0 Å². The van der Waals surface area contributed by atoms with Gasteiger partial charge in [-0.1, -0.05) is 12.1 Å². The molecule has 1 atom stereocenters. The van der Waals surface area contributed by atoms with Crippen LogP contribution in [0.25, 0.3) is 0 Å². The van der Waals surface area contributed by atoms with Crippen LogP contribution in [0.3, 0.4) is 0 Å². The van der Waals surface area contributed by atoms with Crippen LogP contribution >= 0.6 is 0 Å². The van der Waals surface area contributed by atoms with Crippen molar-refractivity contribution in [3.63, 3.8) is 0 Å². The van der Waals surface area contributed by atoms with Gasteiger partial charge < -0.3 is 0 Å². The molecule has 130 valence electrons. The molecule has 1 aliphatic rings. The van der Waals surface area contributed by atoms with Crippen LogP contribution < -0.4 is 5.43 Å². The average Bonchev–Trinajstić information content (AvgIpc) is 2.76. The highest BCUT2D eigenvalue weighted by molar-refractivity contribution is 5.83. The second-order valence-electron chi connectivity index (χ2n) is 6.71. The number of nitrogens with zero attached hydrogens (tertiary/aromatic N) is 2. The van der Waals surface area contributed by atoms with Crippen LogP contribution in [0.1, 0.15) is 37.8 Å². The number of hydrogen-bond donors (Lipinski definition) is 1. The molecule has 1 fully saturated rings. The zero-order valence-electron chi connectivity index (χ0n) is 13.7. The van der Waals surface area contributed by atoms with E-state index in [1.807, 2.05) is 6.07 Å². The van der Waals surface area contributed by atoms with Gasteiger partial charge in [0.2, 0.25) is 5.91 Å². The van der Waals surface area contributed by atoms with Gasteiger partial charge in [0, 0.05) is 6.54 Å². The van der Waals surface area contributed by atoms with Gasteiger partial charge >= 0.3 is 6.18 Å². The standard InChI is InChI=1S/C17H20F3N3O/c1-16(2)11-23(22-15(16)24)14(17(18,19)20)5-3-4-12-6-8-13(10-21)9-7-12/h6-9,14H,3-5,11H2,1-2H3,(H,22,24). The number of hydrogen-bond acceptors (Lipinski definition) is 3. The summed E-state index contributed by atoms with van der Waals surface area (Å²) in [6, 6.07) is 7.12. The lowest BCUT2D eigenvalue weighted by Crippen LogP contribution is -2.50. The lowest BCUT2D eigenvalue weighted by molar-refractivity contribution is -0.190. The van der Waals surface area contributed by atoms with E-state index in [2.05, 4.69) is 5.43 Å². The Morgan fingerprint density at radius 2 is 1.96 bits per heavy atom. The summed E-state index contributed by atoms with van der Waals surface area (Å²) in [5.41, 5.74) is 2.94. The minimum atomic E-state index is -4.40. The molecule has 24 heavy (non-hydrogen) atoms. The molecule has 7 heteroatoms. The van der Waals surface area contributed by atoms with Crippen LogP contribution in [0.5, 0.6) is 0 Å². The van der Waals surface area contributed by atoms with E-state index in [1.54, 1.807) is 38.1 Å². The van der Waals surface area contributed by atoms with E-state index >= 15 is 0 Å². The molecule has 1 heterocycles. The largest absolute Gasteiger partial charge is 0.405 e. The monoisotopic (exact) mass is 339 g/mol. The summed E-state index contributed by atoms with van der Waals surface area (Å²) in [6.07, 6.45) is -3.68. The lowest BCUT2D eigenvalue weighted by Gasteiger charge is -2.29. The number of nitriles is 1. The SMILES string of the molecule is CC1(C)CN(C(CCCc2ccc(C#N)cc2)C(F)(F)F)NC1=O. The first-order valence-electron chi connectivity index (χ1n) is 7.77. The Kier molecular flexibility index (Phi) is 5.19. The number of benzene rings is 1. The number of nitrogens with one attached hydrogen (secondary N) is 1. The van der Waals surface area contributed by atoms with Crippen LogP contribution in [0.15, 0.2) is 24.3 Å². The minimum absolute atomic E-state index is 0.0346. The van der Waals surface area contributed by atoms with Crippen molar-refractivity contribution in [1.29, 1.82) is 5.26 Å². The van der Waals surface area contributed by atoms with Gasteiger partial charge in [0.15, 0.2) is 0 Å². The summed E-state index contributed by atoms with van der Waals surface area (Å²) >= 11 is 0. The topological polar surface area (TPSA) is 56.1 Å². The van der Waals surface area contributed by atoms with Gasteiger partial charge in [-0.2, -0.15) is 18.4 Å². The molecule has 1 N–H and O–H groups in total. The Morgan fingerprint density at radius 3 is 2.42 bits per heavy atom. The minimum Gasteiger partial charge on any atom is -0.288 e. The first-order valence-corrected chi connectivity index (χ1v) is 7.77. The van der Waals surface area contributed by atoms with Gasteiger partial charge in [-0.25, -0.2) is 5.01 Å². The Balaban J connectivity index is 1.97. The molecule has 1 unspecified atom stereocenters. The first-order chi connectivity index (χ1) is 11.1. The number of carbonyl (C=O) groups is 1. The molecule has 0 spiro atoms. The normalized spacial score (nSPS) is 18.9. The van der Waals surface area contributed by atoms with Gasteiger partial charge in [0.1, 0.15) is 6.04 Å². The number of halogens is 3. The molecule has 1 saturated heterocycles. The Morgan fingerprint density at radius 1 is 1.33 bits per heavy atom. The van der Waals surface area contributed by atoms with E-state index in [-0.39, 0.29) is 18.9 Å². The maximum absolute atomic E-state index is 13.3. The van der Waals surface area contributed by atoms with Gasteiger partial charge in [-0.3, -0.25) is 10.2 Å². The van der Waals surface area contributed by atoms with Crippen molar-refractivity contribution in [2.75, 3.05) is 6.54 Å². The predicted octanol–water partition coefficient (Wildman–Crippen LogP) is 3.18. The number of aryl methyl sites for hydroxylation is 1. The number of alkyl halides is 3. The van der Waals surface area contributed by atoms with Crippen LogP contribution in [-0.2, 0) is 11.2 Å². The fraction of sp³-hybridized carbons (Fsp3) is 0.529. The Labute approximate surface area is 139 Å². The molecule has 0 saturated carbocycles. The third kappa shape index (κ3) is 4.26. The summed E-state index contributed by atoms with van der Waals surface area (Å²) in [5, 5.41) is 9.75. The second kappa shape index (κ2) is 6.81. The van der Waals surface area contributed by atoms with Crippen molar-refractivity contribution in [2.24, 2.45) is 5.41 Å². The number of carbonyl (C=O) groups excluding carboxylic acids is 1. The Bertz CT molecular complexity index is 632. The average molecular weight is 339 g/mol. The van der Waals surface area contributed by atoms with Gasteiger partial charge in [0.05, 0.1) is 17.0 Å². The second-order valence-corrected chi connectivity index (χ2v) is 6.71. The fourth-order valence-corrected chi connectivity index (χ4v) is 2.75. The molecule has 1 aromatic carbocycles. The van der Waals surface area contributed by atoms with E-state index in [4.69, 9.17) is 5.26 Å². The molecule has 1 aromatic rings. The number of amides is 1. The van der Waals surface area contributed by atoms with Crippen LogP contribution in [0.2, 0.25) is 0 Å². The smallest absolute Gasteiger partial charge is 0.288 e. The predicted molar refractivity (Wildman–Crippen MR) is 82.6 cm³/mol. The number of hydrazine groups is 1. The molecular formula is C17H20F3N3O. The zero-order chi connectivity index (χ0) is 18.0. The summed E-state index contributed by atoms with van der Waals surface area (Å²) in [7, 11) is 0. The highest BCUT2D eigenvalue weighted by atomic mass is 19.4. The van der Waals surface area contributed by atoms with Gasteiger partial charge in [-0.05, 0) is 50.8 Å². The molecule has 1 aliphatic heterocycles. The van der Waals surface area contributed by atoms with Crippen LogP contribution in [-0.4, -0.2) is 29.7 Å². The third-order valence-corrected chi connectivity index (χ3v) is 4.21. The lowest BCUT2D eigenvalue weighted by atomic mass is 9.94. The maximum atomic E-state index is 13.3. The number of rotatable bonds is 5. The van der Waals surface area contributed by atoms with Gasteiger partial charge in [-0.15, -0.1) is 0 Å². The van der Waals surface area contributed by atoms with E-state index in [0.717, 1.165) is 10.6 Å². The van der Waals surface area contributed by atoms with Crippen molar-refractivity contribution in [2.45, 2.75) is 45.3 Å². The van der Waals surface area contributed by atoms with E-state index in [0.29, 0.717) is 18.4 Å². The fourth-order valence-electron chi connectivity index (χ4n) is 2.75. The third-order valence-electron chi connectivity index (χ3n) is 4.21. The summed E-state index contributed by atoms with van der Waals surface area (Å²) in [6.45, 7) is 3.30. The summed E-state index contributed by atoms with van der Waals surface area (Å²) < 4.78 is 40.0. The van der Waals surface area contributed by atoms with Crippen molar-refractivity contribution in [3.05, 3.63) is 35.4 Å². The van der Waals surface area contributed by atoms with E-state index in [9.17, 15) is 18.0 Å². The van der Waals surface area contributed by atoms with Gasteiger partial charge in [0.25, 0.3) is 0 Å². The molecule has 4 nitrogen and oxygen atoms in total. The molecule has 1 amide bonds. The molecule has 0 aliphatic carbocycles. The Hall–Kier alpha value is -2.07. The molecular weight excluding hydrogens is 319 g/mol. The zero-order valence-corrected chi connectivity index (χ0v) is 13.7. The van der Waals surface area contributed by atoms with Crippen LogP contribution in [0, 0.1) is 16.7 Å². The van der Waals surface area contributed by atoms with Crippen molar-refractivity contribution in [1.82, 2.24) is 10.4 Å². The summed E-state index contributed by atoms with van der Waals surface area (Å²) in [4.78, 5) is 11.7. The van der Waals surface area contributed by atoms with Crippen molar-refractivity contribution >= 4 is 5.91 Å². The molecule has 0 radical (unpaired) electrons. The first kappa shape index (κ1) is 18.3. The molecule has 2 rings (SSSR count). The summed E-state index contributed by atoms with van der Waals surface area (Å²) in [5.74, 6) is -0.385. The highest BCUT2D eigenvalue weighted by Crippen LogP contribution is 2.33. The highest BCUT2D eigenvalue weighted by Gasteiger charge is 2.49.